The second-order valence-electron chi connectivity index (χ2n) is 6.10. The zero-order valence-corrected chi connectivity index (χ0v) is 16.6. The van der Waals surface area contributed by atoms with E-state index in [1.807, 2.05) is 25.1 Å². The zero-order valence-electron chi connectivity index (χ0n) is 15.0. The first-order valence-electron chi connectivity index (χ1n) is 7.83. The number of guanidine groups is 1. The number of benzene rings is 1. The van der Waals surface area contributed by atoms with Crippen LogP contribution in [0.5, 0.6) is 0 Å². The van der Waals surface area contributed by atoms with E-state index >= 15 is 0 Å². The van der Waals surface area contributed by atoms with Gasteiger partial charge in [-0.25, -0.2) is 0 Å². The molecule has 0 spiro atoms. The third kappa shape index (κ3) is 7.45. The Balaban J connectivity index is 2.38. The molecule has 3 N–H and O–H groups in total. The van der Waals surface area contributed by atoms with Gasteiger partial charge in [0.25, 0.3) is 0 Å². The van der Waals surface area contributed by atoms with Gasteiger partial charge in [-0.05, 0) is 44.7 Å². The molecule has 134 valence electrons. The SMILES string of the molecule is CN=C(NCCC(=O)Nc1ccc(C)cc1Cl)NCC(C)(C)SC. The molecule has 0 fully saturated rings. The number of carbonyl (C=O) groups excluding carboxylic acids is 1. The van der Waals surface area contributed by atoms with E-state index in [2.05, 4.69) is 41.0 Å². The Morgan fingerprint density at radius 3 is 2.62 bits per heavy atom. The van der Waals surface area contributed by atoms with E-state index < -0.39 is 0 Å². The Morgan fingerprint density at radius 1 is 1.33 bits per heavy atom. The zero-order chi connectivity index (χ0) is 18.2. The van der Waals surface area contributed by atoms with Gasteiger partial charge in [0, 0.05) is 31.3 Å². The number of hydrogen-bond donors (Lipinski definition) is 3. The highest BCUT2D eigenvalue weighted by atomic mass is 35.5. The summed E-state index contributed by atoms with van der Waals surface area (Å²) in [6.07, 6.45) is 2.41. The van der Waals surface area contributed by atoms with Crippen LogP contribution in [0.2, 0.25) is 5.02 Å². The Labute approximate surface area is 154 Å². The molecule has 0 saturated carbocycles. The lowest BCUT2D eigenvalue weighted by Gasteiger charge is -2.23. The second-order valence-corrected chi connectivity index (χ2v) is 8.02. The number of nitrogens with one attached hydrogen (secondary N) is 3. The number of aryl methyl sites for hydroxylation is 1. The highest BCUT2D eigenvalue weighted by Crippen LogP contribution is 2.22. The van der Waals surface area contributed by atoms with Crippen molar-refractivity contribution >= 4 is 40.9 Å². The number of aliphatic imine (C=N–C) groups is 1. The fourth-order valence-electron chi connectivity index (χ4n) is 1.82. The van der Waals surface area contributed by atoms with Gasteiger partial charge in [0.15, 0.2) is 5.96 Å². The maximum absolute atomic E-state index is 12.0. The standard InChI is InChI=1S/C17H27ClN4OS/c1-12-6-7-14(13(18)10-12)22-15(23)8-9-20-16(19-4)21-11-17(2,3)24-5/h6-7,10H,8-9,11H2,1-5H3,(H,22,23)(H2,19,20,21). The minimum Gasteiger partial charge on any atom is -0.356 e. The van der Waals surface area contributed by atoms with Crippen molar-refractivity contribution in [2.45, 2.75) is 31.9 Å². The summed E-state index contributed by atoms with van der Waals surface area (Å²) < 4.78 is 0.122. The first-order chi connectivity index (χ1) is 11.3. The average molecular weight is 371 g/mol. The van der Waals surface area contributed by atoms with E-state index in [1.165, 1.54) is 0 Å². The molecule has 0 saturated heterocycles. The van der Waals surface area contributed by atoms with Crippen LogP contribution in [-0.2, 0) is 4.79 Å². The molecule has 1 aromatic rings. The highest BCUT2D eigenvalue weighted by molar-refractivity contribution is 7.99. The van der Waals surface area contributed by atoms with Crippen LogP contribution in [-0.4, -0.2) is 43.0 Å². The molecule has 1 amide bonds. The van der Waals surface area contributed by atoms with E-state index in [0.717, 1.165) is 12.1 Å². The third-order valence-electron chi connectivity index (χ3n) is 3.50. The minimum atomic E-state index is -0.0897. The van der Waals surface area contributed by atoms with E-state index in [4.69, 9.17) is 11.6 Å². The fourth-order valence-corrected chi connectivity index (χ4v) is 2.32. The number of anilines is 1. The molecular weight excluding hydrogens is 344 g/mol. The predicted molar refractivity (Wildman–Crippen MR) is 106 cm³/mol. The van der Waals surface area contributed by atoms with Crippen LogP contribution < -0.4 is 16.0 Å². The smallest absolute Gasteiger partial charge is 0.226 e. The van der Waals surface area contributed by atoms with Crippen LogP contribution in [0, 0.1) is 6.92 Å². The first-order valence-corrected chi connectivity index (χ1v) is 9.43. The number of nitrogens with zero attached hydrogens (tertiary/aromatic N) is 1. The van der Waals surface area contributed by atoms with Crippen molar-refractivity contribution < 1.29 is 4.79 Å². The topological polar surface area (TPSA) is 65.5 Å². The number of halogens is 1. The number of thioether (sulfide) groups is 1. The second kappa shape index (κ2) is 9.79. The number of hydrogen-bond acceptors (Lipinski definition) is 3. The van der Waals surface area contributed by atoms with Gasteiger partial charge in [0.05, 0.1) is 10.7 Å². The molecule has 0 aliphatic carbocycles. The molecule has 0 atom stereocenters. The van der Waals surface area contributed by atoms with Crippen molar-refractivity contribution in [1.82, 2.24) is 10.6 Å². The molecule has 0 aromatic heterocycles. The first kappa shape index (κ1) is 20.6. The summed E-state index contributed by atoms with van der Waals surface area (Å²) in [6, 6.07) is 5.56. The largest absolute Gasteiger partial charge is 0.356 e. The summed E-state index contributed by atoms with van der Waals surface area (Å²) >= 11 is 7.91. The van der Waals surface area contributed by atoms with Gasteiger partial charge in [0.1, 0.15) is 0 Å². The van der Waals surface area contributed by atoms with Gasteiger partial charge in [-0.15, -0.1) is 0 Å². The predicted octanol–water partition coefficient (Wildman–Crippen LogP) is 3.28. The molecule has 7 heteroatoms. The maximum Gasteiger partial charge on any atom is 0.226 e. The van der Waals surface area contributed by atoms with Crippen LogP contribution in [0.1, 0.15) is 25.8 Å². The Kier molecular flexibility index (Phi) is 8.42. The van der Waals surface area contributed by atoms with Gasteiger partial charge in [-0.2, -0.15) is 11.8 Å². The molecule has 0 radical (unpaired) electrons. The molecule has 0 aliphatic rings. The lowest BCUT2D eigenvalue weighted by molar-refractivity contribution is -0.116. The van der Waals surface area contributed by atoms with E-state index in [-0.39, 0.29) is 10.7 Å². The highest BCUT2D eigenvalue weighted by Gasteiger charge is 2.16. The molecule has 0 bridgehead atoms. The summed E-state index contributed by atoms with van der Waals surface area (Å²) in [7, 11) is 1.72. The molecule has 5 nitrogen and oxygen atoms in total. The Bertz CT molecular complexity index is 590. The summed E-state index contributed by atoms with van der Waals surface area (Å²) in [5.41, 5.74) is 1.69. The lowest BCUT2D eigenvalue weighted by Crippen LogP contribution is -2.44. The van der Waals surface area contributed by atoms with Crippen molar-refractivity contribution in [3.05, 3.63) is 28.8 Å². The van der Waals surface area contributed by atoms with Crippen molar-refractivity contribution in [3.63, 3.8) is 0 Å². The van der Waals surface area contributed by atoms with Gasteiger partial charge in [-0.3, -0.25) is 9.79 Å². The lowest BCUT2D eigenvalue weighted by atomic mass is 10.2. The van der Waals surface area contributed by atoms with Crippen LogP contribution in [0.4, 0.5) is 5.69 Å². The van der Waals surface area contributed by atoms with Gasteiger partial charge in [-0.1, -0.05) is 17.7 Å². The minimum absolute atomic E-state index is 0.0897. The van der Waals surface area contributed by atoms with Crippen LogP contribution in [0.15, 0.2) is 23.2 Å². The molecule has 0 unspecified atom stereocenters. The third-order valence-corrected chi connectivity index (χ3v) is 5.06. The Morgan fingerprint density at radius 2 is 2.04 bits per heavy atom. The van der Waals surface area contributed by atoms with Crippen LogP contribution >= 0.6 is 23.4 Å². The van der Waals surface area contributed by atoms with Gasteiger partial charge < -0.3 is 16.0 Å². The molecule has 24 heavy (non-hydrogen) atoms. The molecule has 1 rings (SSSR count). The number of carbonyl (C=O) groups is 1. The summed E-state index contributed by atoms with van der Waals surface area (Å²) in [6.45, 7) is 7.57. The summed E-state index contributed by atoms with van der Waals surface area (Å²) in [5, 5.41) is 9.78. The number of rotatable bonds is 7. The average Bonchev–Trinajstić information content (AvgIpc) is 2.53. The normalized spacial score (nSPS) is 12.0. The molecular formula is C17H27ClN4OS. The molecule has 0 aliphatic heterocycles. The van der Waals surface area contributed by atoms with E-state index in [1.54, 1.807) is 18.8 Å². The van der Waals surface area contributed by atoms with Crippen LogP contribution in [0.25, 0.3) is 0 Å². The van der Waals surface area contributed by atoms with Crippen molar-refractivity contribution in [2.24, 2.45) is 4.99 Å². The van der Waals surface area contributed by atoms with Crippen molar-refractivity contribution in [3.8, 4) is 0 Å². The summed E-state index contributed by atoms with van der Waals surface area (Å²) in [5.74, 6) is 0.603. The number of amides is 1. The Hall–Kier alpha value is -1.40. The van der Waals surface area contributed by atoms with E-state index in [0.29, 0.717) is 29.6 Å². The monoisotopic (exact) mass is 370 g/mol. The van der Waals surface area contributed by atoms with Gasteiger partial charge >= 0.3 is 0 Å². The maximum atomic E-state index is 12.0. The van der Waals surface area contributed by atoms with Gasteiger partial charge in [0.2, 0.25) is 5.91 Å². The quantitative estimate of drug-likeness (QED) is 0.509. The molecule has 1 aromatic carbocycles. The van der Waals surface area contributed by atoms with Crippen molar-refractivity contribution in [2.75, 3.05) is 31.7 Å². The fraction of sp³-hybridized carbons (Fsp3) is 0.529. The van der Waals surface area contributed by atoms with E-state index in [9.17, 15) is 4.79 Å². The van der Waals surface area contributed by atoms with Crippen molar-refractivity contribution in [1.29, 1.82) is 0 Å². The molecule has 0 heterocycles. The summed E-state index contributed by atoms with van der Waals surface area (Å²) in [4.78, 5) is 16.2. The van der Waals surface area contributed by atoms with Crippen LogP contribution in [0.3, 0.4) is 0 Å².